The molecule has 0 unspecified atom stereocenters. The number of aromatic nitrogens is 2. The van der Waals surface area contributed by atoms with E-state index in [4.69, 9.17) is 9.47 Å². The first-order valence-electron chi connectivity index (χ1n) is 11.4. The molecule has 3 rings (SSSR count). The van der Waals surface area contributed by atoms with Gasteiger partial charge < -0.3 is 19.8 Å². The van der Waals surface area contributed by atoms with Crippen LogP contribution in [0.4, 0.5) is 5.69 Å². The fourth-order valence-corrected chi connectivity index (χ4v) is 4.10. The number of para-hydroxylation sites is 1. The van der Waals surface area contributed by atoms with Gasteiger partial charge in [0, 0.05) is 24.7 Å². The number of carbonyl (C=O) groups is 2. The summed E-state index contributed by atoms with van der Waals surface area (Å²) >= 11 is 0. The van der Waals surface area contributed by atoms with Gasteiger partial charge in [-0.25, -0.2) is 13.4 Å². The summed E-state index contributed by atoms with van der Waals surface area (Å²) in [5.41, 5.74) is 2.54. The number of nitrogens with zero attached hydrogens (tertiary/aromatic N) is 1. The average molecular weight is 515 g/mol. The van der Waals surface area contributed by atoms with Gasteiger partial charge in [0.1, 0.15) is 5.82 Å². The summed E-state index contributed by atoms with van der Waals surface area (Å²) in [7, 11) is 0.207. The number of aryl methyl sites for hydroxylation is 1. The number of aromatic amines is 1. The number of methoxy groups -OCH3 is 2. The molecule has 0 aliphatic rings. The molecular weight excluding hydrogens is 484 g/mol. The predicted molar refractivity (Wildman–Crippen MR) is 136 cm³/mol. The number of rotatable bonds is 13. The van der Waals surface area contributed by atoms with Crippen molar-refractivity contribution < 1.29 is 27.5 Å². The molecule has 10 nitrogen and oxygen atoms in total. The Hall–Kier alpha value is -3.86. The molecule has 0 saturated carbocycles. The zero-order valence-electron chi connectivity index (χ0n) is 20.4. The largest absolute Gasteiger partial charge is 0.493 e. The standard InChI is InChI=1S/C25H30N4O6S/c1-4-17-15-26-25(27-17)20(14-16-8-10-18(11-9-16)29-36(32)33)28-23(31)13-12-21(30)19-6-5-7-22(34-2)24(19)35-3/h5-11,15,20,36H,4,12-14H2,1-3H3,(H,26,27)(H,28,31)(H,29,32,33)/t20-/m0/s1. The van der Waals surface area contributed by atoms with Crippen molar-refractivity contribution in [1.29, 1.82) is 0 Å². The summed E-state index contributed by atoms with van der Waals surface area (Å²) in [6.45, 7) is 1.98. The van der Waals surface area contributed by atoms with Crippen LogP contribution in [0, 0.1) is 0 Å². The fraction of sp³-hybridized carbons (Fsp3) is 0.320. The van der Waals surface area contributed by atoms with Crippen molar-refractivity contribution in [3.8, 4) is 11.5 Å². The number of imidazole rings is 1. The lowest BCUT2D eigenvalue weighted by molar-refractivity contribution is -0.121. The number of benzene rings is 2. The molecule has 36 heavy (non-hydrogen) atoms. The van der Waals surface area contributed by atoms with Gasteiger partial charge in [-0.1, -0.05) is 25.1 Å². The molecule has 1 heterocycles. The average Bonchev–Trinajstić information content (AvgIpc) is 3.36. The second kappa shape index (κ2) is 12.7. The molecule has 3 aromatic rings. The molecule has 2 aromatic carbocycles. The van der Waals surface area contributed by atoms with E-state index < -0.39 is 16.9 Å². The van der Waals surface area contributed by atoms with Crippen molar-refractivity contribution in [1.82, 2.24) is 15.3 Å². The zero-order chi connectivity index (χ0) is 26.1. The third-order valence-electron chi connectivity index (χ3n) is 5.57. The maximum absolute atomic E-state index is 12.8. The van der Waals surface area contributed by atoms with E-state index in [1.165, 1.54) is 14.2 Å². The lowest BCUT2D eigenvalue weighted by Crippen LogP contribution is -2.31. The van der Waals surface area contributed by atoms with Gasteiger partial charge in [0.05, 0.1) is 31.5 Å². The van der Waals surface area contributed by atoms with Crippen LogP contribution in [0.2, 0.25) is 0 Å². The first-order valence-corrected chi connectivity index (χ1v) is 12.6. The van der Waals surface area contributed by atoms with Crippen LogP contribution in [0.15, 0.2) is 48.7 Å². The summed E-state index contributed by atoms with van der Waals surface area (Å²) < 4.78 is 34.6. The molecule has 0 bridgehead atoms. The summed E-state index contributed by atoms with van der Waals surface area (Å²) in [5, 5.41) is 2.97. The van der Waals surface area contributed by atoms with Gasteiger partial charge in [-0.3, -0.25) is 14.3 Å². The molecule has 1 aromatic heterocycles. The van der Waals surface area contributed by atoms with Crippen molar-refractivity contribution in [3.63, 3.8) is 0 Å². The highest BCUT2D eigenvalue weighted by molar-refractivity contribution is 7.73. The minimum atomic E-state index is -2.75. The molecule has 3 N–H and O–H groups in total. The number of Topliss-reactive ketones (excluding diaryl/α,β-unsaturated/α-hetero) is 1. The van der Waals surface area contributed by atoms with Crippen molar-refractivity contribution in [2.45, 2.75) is 38.6 Å². The van der Waals surface area contributed by atoms with E-state index in [2.05, 4.69) is 20.0 Å². The van der Waals surface area contributed by atoms with E-state index in [1.807, 2.05) is 6.92 Å². The topological polar surface area (TPSA) is 139 Å². The second-order valence-electron chi connectivity index (χ2n) is 7.98. The van der Waals surface area contributed by atoms with E-state index in [0.717, 1.165) is 17.7 Å². The van der Waals surface area contributed by atoms with Crippen LogP contribution >= 0.6 is 0 Å². The highest BCUT2D eigenvalue weighted by Crippen LogP contribution is 2.31. The van der Waals surface area contributed by atoms with Gasteiger partial charge in [0.2, 0.25) is 16.8 Å². The molecule has 0 fully saturated rings. The SMILES string of the molecule is CCc1c[nH]c([C@H](Cc2ccc(N[SH](=O)=O)cc2)NC(=O)CCC(=O)c2cccc(OC)c2OC)n1. The van der Waals surface area contributed by atoms with Gasteiger partial charge in [-0.2, -0.15) is 0 Å². The molecule has 0 spiro atoms. The number of carbonyl (C=O) groups excluding carboxylic acids is 2. The van der Waals surface area contributed by atoms with E-state index in [9.17, 15) is 18.0 Å². The van der Waals surface area contributed by atoms with Crippen LogP contribution in [-0.4, -0.2) is 44.3 Å². The summed E-state index contributed by atoms with van der Waals surface area (Å²) in [5.74, 6) is 0.854. The number of thiol groups is 1. The molecular formula is C25H30N4O6S. The monoisotopic (exact) mass is 514 g/mol. The van der Waals surface area contributed by atoms with Crippen LogP contribution in [0.25, 0.3) is 0 Å². The first kappa shape index (κ1) is 26.7. The third kappa shape index (κ3) is 7.08. The Bertz CT molecular complexity index is 1260. The predicted octanol–water partition coefficient (Wildman–Crippen LogP) is 2.99. The van der Waals surface area contributed by atoms with Gasteiger partial charge in [-0.05, 0) is 42.7 Å². The summed E-state index contributed by atoms with van der Waals surface area (Å²) in [6.07, 6.45) is 2.93. The van der Waals surface area contributed by atoms with Gasteiger partial charge >= 0.3 is 0 Å². The van der Waals surface area contributed by atoms with Crippen molar-refractivity contribution in [2.24, 2.45) is 0 Å². The van der Waals surface area contributed by atoms with Crippen molar-refractivity contribution in [3.05, 3.63) is 71.3 Å². The second-order valence-corrected chi connectivity index (χ2v) is 8.72. The molecule has 0 saturated heterocycles. The normalized spacial score (nSPS) is 11.7. The highest BCUT2D eigenvalue weighted by Gasteiger charge is 2.21. The number of anilines is 1. The van der Waals surface area contributed by atoms with Crippen LogP contribution in [0.5, 0.6) is 11.5 Å². The van der Waals surface area contributed by atoms with E-state index >= 15 is 0 Å². The minimum absolute atomic E-state index is 0.00577. The Morgan fingerprint density at radius 3 is 2.42 bits per heavy atom. The number of ether oxygens (including phenoxy) is 2. The summed E-state index contributed by atoms with van der Waals surface area (Å²) in [4.78, 5) is 33.3. The van der Waals surface area contributed by atoms with E-state index in [1.54, 1.807) is 48.7 Å². The number of amides is 1. The molecule has 1 amide bonds. The van der Waals surface area contributed by atoms with Crippen LogP contribution in [-0.2, 0) is 28.5 Å². The zero-order valence-corrected chi connectivity index (χ0v) is 21.3. The van der Waals surface area contributed by atoms with Crippen molar-refractivity contribution >= 4 is 28.3 Å². The Balaban J connectivity index is 1.70. The third-order valence-corrected chi connectivity index (χ3v) is 6.02. The maximum Gasteiger partial charge on any atom is 0.222 e. The van der Waals surface area contributed by atoms with E-state index in [-0.39, 0.29) is 24.5 Å². The minimum Gasteiger partial charge on any atom is -0.493 e. The van der Waals surface area contributed by atoms with Crippen LogP contribution in [0.1, 0.15) is 53.2 Å². The highest BCUT2D eigenvalue weighted by atomic mass is 32.2. The maximum atomic E-state index is 12.8. The molecule has 192 valence electrons. The lowest BCUT2D eigenvalue weighted by Gasteiger charge is -2.17. The molecule has 0 aliphatic heterocycles. The van der Waals surface area contributed by atoms with E-state index in [0.29, 0.717) is 35.0 Å². The number of hydrogen-bond donors (Lipinski definition) is 4. The molecule has 0 aliphatic carbocycles. The van der Waals surface area contributed by atoms with Crippen LogP contribution in [0.3, 0.4) is 0 Å². The molecule has 11 heteroatoms. The van der Waals surface area contributed by atoms with Crippen molar-refractivity contribution in [2.75, 3.05) is 18.9 Å². The fourth-order valence-electron chi connectivity index (χ4n) is 3.74. The molecule has 1 atom stereocenters. The number of H-pyrrole nitrogens is 1. The Labute approximate surface area is 211 Å². The van der Waals surface area contributed by atoms with Gasteiger partial charge in [0.15, 0.2) is 17.3 Å². The lowest BCUT2D eigenvalue weighted by atomic mass is 10.0. The van der Waals surface area contributed by atoms with Gasteiger partial charge in [-0.15, -0.1) is 0 Å². The van der Waals surface area contributed by atoms with Crippen LogP contribution < -0.4 is 19.5 Å². The quantitative estimate of drug-likeness (QED) is 0.203. The Morgan fingerprint density at radius 1 is 1.06 bits per heavy atom. The molecule has 0 radical (unpaired) electrons. The Morgan fingerprint density at radius 2 is 1.81 bits per heavy atom. The number of nitrogens with one attached hydrogen (secondary N) is 3. The smallest absolute Gasteiger partial charge is 0.222 e. The Kier molecular flexibility index (Phi) is 9.46. The number of hydrogen-bond acceptors (Lipinski definition) is 7. The number of ketones is 1. The summed E-state index contributed by atoms with van der Waals surface area (Å²) in [6, 6.07) is 11.4. The van der Waals surface area contributed by atoms with Gasteiger partial charge in [0.25, 0.3) is 0 Å². The first-order chi connectivity index (χ1) is 17.3.